The molecular weight excluding hydrogens is 476 g/mol. The fourth-order valence-electron chi connectivity index (χ4n) is 4.24. The molecule has 1 unspecified atom stereocenters. The van der Waals surface area contributed by atoms with Gasteiger partial charge in [0.1, 0.15) is 18.3 Å². The normalized spacial score (nSPS) is 18.8. The van der Waals surface area contributed by atoms with Gasteiger partial charge in [-0.05, 0) is 6.92 Å². The summed E-state index contributed by atoms with van der Waals surface area (Å²) in [7, 11) is -1.86. The molecule has 1 atom stereocenters. The van der Waals surface area contributed by atoms with Gasteiger partial charge in [0.05, 0.1) is 31.3 Å². The molecule has 2 saturated heterocycles. The second kappa shape index (κ2) is 9.00. The third-order valence-electron chi connectivity index (χ3n) is 6.18. The van der Waals surface area contributed by atoms with Crippen LogP contribution in [0.25, 0.3) is 22.6 Å². The van der Waals surface area contributed by atoms with Crippen LogP contribution in [0.4, 0.5) is 4.79 Å². The topological polar surface area (TPSA) is 146 Å². The van der Waals surface area contributed by atoms with Crippen molar-refractivity contribution in [2.75, 3.05) is 39.5 Å². The summed E-state index contributed by atoms with van der Waals surface area (Å²) in [5, 5.41) is -0.250. The molecule has 2 fully saturated rings. The molecule has 0 aliphatic carbocycles. The van der Waals surface area contributed by atoms with Crippen LogP contribution in [0.1, 0.15) is 13.3 Å². The Balaban J connectivity index is 1.36. The van der Waals surface area contributed by atoms with Crippen molar-refractivity contribution in [3.05, 3.63) is 18.7 Å². The van der Waals surface area contributed by atoms with Crippen molar-refractivity contribution in [2.45, 2.75) is 37.3 Å². The van der Waals surface area contributed by atoms with Crippen LogP contribution in [0, 0.1) is 0 Å². The van der Waals surface area contributed by atoms with Crippen LogP contribution < -0.4 is 4.74 Å². The smallest absolute Gasteiger partial charge is 0.320 e. The lowest BCUT2D eigenvalue weighted by atomic mass is 10.2. The first-order valence-electron chi connectivity index (χ1n) is 11.3. The van der Waals surface area contributed by atoms with Crippen molar-refractivity contribution in [1.29, 1.82) is 0 Å². The highest BCUT2D eigenvalue weighted by Gasteiger charge is 2.37. The molecule has 35 heavy (non-hydrogen) atoms. The average Bonchev–Trinajstić information content (AvgIpc) is 3.43. The maximum Gasteiger partial charge on any atom is 0.320 e. The van der Waals surface area contributed by atoms with Crippen LogP contribution in [0.15, 0.2) is 23.9 Å². The molecule has 0 saturated carbocycles. The van der Waals surface area contributed by atoms with Crippen molar-refractivity contribution in [3.8, 4) is 17.3 Å². The Bertz CT molecular complexity index is 1350. The monoisotopic (exact) mass is 502 g/mol. The first-order valence-corrected chi connectivity index (χ1v) is 13.1. The van der Waals surface area contributed by atoms with Crippen LogP contribution >= 0.6 is 0 Å². The van der Waals surface area contributed by atoms with Gasteiger partial charge in [-0.2, -0.15) is 4.98 Å². The summed E-state index contributed by atoms with van der Waals surface area (Å²) in [5.41, 5.74) is 1.61. The molecule has 5 rings (SSSR count). The molecule has 186 valence electrons. The molecule has 2 aliphatic rings. The number of aryl methyl sites for hydroxylation is 1. The van der Waals surface area contributed by atoms with Crippen molar-refractivity contribution >= 4 is 27.0 Å². The number of rotatable bonds is 6. The summed E-state index contributed by atoms with van der Waals surface area (Å²) >= 11 is 0. The van der Waals surface area contributed by atoms with Crippen LogP contribution in [0.3, 0.4) is 0 Å². The predicted octanol–water partition coefficient (Wildman–Crippen LogP) is 0.610. The Hall–Kier alpha value is -3.39. The predicted molar refractivity (Wildman–Crippen MR) is 124 cm³/mol. The fourth-order valence-corrected chi connectivity index (χ4v) is 4.73. The van der Waals surface area contributed by atoms with E-state index in [1.54, 1.807) is 16.9 Å². The van der Waals surface area contributed by atoms with Crippen molar-refractivity contribution in [3.63, 3.8) is 0 Å². The van der Waals surface area contributed by atoms with Gasteiger partial charge < -0.3 is 23.8 Å². The van der Waals surface area contributed by atoms with E-state index in [9.17, 15) is 13.2 Å². The number of imidazole rings is 1. The second-order valence-electron chi connectivity index (χ2n) is 8.58. The molecule has 2 amide bonds. The van der Waals surface area contributed by atoms with Crippen LogP contribution in [0.2, 0.25) is 0 Å². The van der Waals surface area contributed by atoms with E-state index >= 15 is 0 Å². The number of fused-ring (bicyclic) bond motifs is 1. The van der Waals surface area contributed by atoms with Crippen molar-refractivity contribution < 1.29 is 22.7 Å². The van der Waals surface area contributed by atoms with Gasteiger partial charge in [-0.25, -0.2) is 33.1 Å². The molecule has 13 nitrogen and oxygen atoms in total. The summed E-state index contributed by atoms with van der Waals surface area (Å²) in [6, 6.07) is -0.00711. The lowest BCUT2D eigenvalue weighted by Gasteiger charge is -2.40. The molecule has 14 heteroatoms. The number of hydrogen-bond acceptors (Lipinski definition) is 10. The van der Waals surface area contributed by atoms with E-state index in [-0.39, 0.29) is 23.4 Å². The Morgan fingerprint density at radius 3 is 2.46 bits per heavy atom. The molecule has 0 aromatic carbocycles. The minimum absolute atomic E-state index is 0.00711. The maximum atomic E-state index is 12.7. The zero-order valence-electron chi connectivity index (χ0n) is 19.7. The third kappa shape index (κ3) is 4.38. The minimum atomic E-state index is -3.51. The molecule has 0 radical (unpaired) electrons. The third-order valence-corrected chi connectivity index (χ3v) is 7.05. The van der Waals surface area contributed by atoms with Gasteiger partial charge in [-0.1, -0.05) is 0 Å². The highest BCUT2D eigenvalue weighted by Crippen LogP contribution is 2.29. The second-order valence-corrected chi connectivity index (χ2v) is 10.5. The number of likely N-dealkylation sites (tertiary alicyclic amines) is 2. The molecular formula is C21H26N8O5S. The lowest BCUT2D eigenvalue weighted by Crippen LogP contribution is -2.58. The molecule has 2 aliphatic heterocycles. The van der Waals surface area contributed by atoms with Crippen LogP contribution in [-0.2, 0) is 21.1 Å². The first-order chi connectivity index (χ1) is 16.8. The molecule has 5 heterocycles. The SMILES string of the molecule is CCn1c(-c2cnc(S(C)(=O)=O)nc2)nc2c(OC3CCN(C(=O)N4CC(OC)C4)C3)ncnc21. The van der Waals surface area contributed by atoms with Gasteiger partial charge in [-0.15, -0.1) is 0 Å². The summed E-state index contributed by atoms with van der Waals surface area (Å²) in [4.78, 5) is 37.5. The molecule has 0 spiro atoms. The van der Waals surface area contributed by atoms with Crippen molar-refractivity contribution in [2.24, 2.45) is 0 Å². The van der Waals surface area contributed by atoms with Crippen molar-refractivity contribution in [1.82, 2.24) is 39.3 Å². The maximum absolute atomic E-state index is 12.7. The number of carbonyl (C=O) groups excluding carboxylic acids is 1. The van der Waals surface area contributed by atoms with E-state index in [1.807, 2.05) is 11.5 Å². The Morgan fingerprint density at radius 2 is 1.80 bits per heavy atom. The van der Waals surface area contributed by atoms with Gasteiger partial charge in [-0.3, -0.25) is 0 Å². The average molecular weight is 503 g/mol. The largest absolute Gasteiger partial charge is 0.471 e. The molecule has 0 N–H and O–H groups in total. The number of urea groups is 1. The number of methoxy groups -OCH3 is 1. The van der Waals surface area contributed by atoms with Gasteiger partial charge in [0.25, 0.3) is 0 Å². The highest BCUT2D eigenvalue weighted by atomic mass is 32.2. The standard InChI is InChI=1S/C21H26N8O5S/c1-4-29-17(13-7-22-20(23-8-13)35(3,31)32)26-16-18(29)24-12-25-19(16)34-14-5-6-27(9-14)21(30)28-10-15(11-28)33-2/h7-8,12,14-15H,4-6,9-11H2,1-3H3. The molecule has 0 bridgehead atoms. The molecule has 3 aromatic heterocycles. The zero-order chi connectivity index (χ0) is 24.7. The van der Waals surface area contributed by atoms with E-state index in [0.29, 0.717) is 67.6 Å². The number of ether oxygens (including phenoxy) is 2. The summed E-state index contributed by atoms with van der Waals surface area (Å²) in [5.74, 6) is 0.862. The Morgan fingerprint density at radius 1 is 1.09 bits per heavy atom. The van der Waals surface area contributed by atoms with E-state index in [2.05, 4.69) is 19.9 Å². The van der Waals surface area contributed by atoms with Crippen LogP contribution in [-0.4, -0.2) is 105 Å². The first kappa shape index (κ1) is 23.4. The van der Waals surface area contributed by atoms with Gasteiger partial charge in [0.2, 0.25) is 20.9 Å². The van der Waals surface area contributed by atoms with E-state index in [4.69, 9.17) is 14.5 Å². The minimum Gasteiger partial charge on any atom is -0.471 e. The molecule has 3 aromatic rings. The van der Waals surface area contributed by atoms with Gasteiger partial charge in [0.15, 0.2) is 11.2 Å². The lowest BCUT2D eigenvalue weighted by molar-refractivity contribution is -0.0147. The Kier molecular flexibility index (Phi) is 6.01. The van der Waals surface area contributed by atoms with Gasteiger partial charge >= 0.3 is 6.03 Å². The number of amides is 2. The number of nitrogens with zero attached hydrogens (tertiary/aromatic N) is 8. The van der Waals surface area contributed by atoms with Gasteiger partial charge in [0, 0.05) is 45.3 Å². The van der Waals surface area contributed by atoms with Crippen LogP contribution in [0.5, 0.6) is 5.88 Å². The number of aromatic nitrogens is 6. The zero-order valence-corrected chi connectivity index (χ0v) is 20.5. The summed E-state index contributed by atoms with van der Waals surface area (Å²) < 4.78 is 36.7. The fraction of sp³-hybridized carbons (Fsp3) is 0.524. The number of carbonyl (C=O) groups is 1. The van der Waals surface area contributed by atoms with E-state index < -0.39 is 9.84 Å². The number of sulfone groups is 1. The Labute approximate surface area is 202 Å². The van der Waals surface area contributed by atoms with E-state index in [1.165, 1.54) is 18.7 Å². The number of hydrogen-bond donors (Lipinski definition) is 0. The summed E-state index contributed by atoms with van der Waals surface area (Å²) in [6.45, 7) is 4.78. The van der Waals surface area contributed by atoms with E-state index in [0.717, 1.165) is 6.26 Å². The quantitative estimate of drug-likeness (QED) is 0.439. The summed E-state index contributed by atoms with van der Waals surface area (Å²) in [6.07, 6.45) is 5.90. The highest BCUT2D eigenvalue weighted by molar-refractivity contribution is 7.90.